The first-order chi connectivity index (χ1) is 12.6. The average Bonchev–Trinajstić information content (AvgIpc) is 3.06. The van der Waals surface area contributed by atoms with Crippen LogP contribution in [0.25, 0.3) is 0 Å². The van der Waals surface area contributed by atoms with Crippen LogP contribution in [-0.2, 0) is 0 Å². The summed E-state index contributed by atoms with van der Waals surface area (Å²) in [6.07, 6.45) is 6.42. The fourth-order valence-electron chi connectivity index (χ4n) is 2.27. The van der Waals surface area contributed by atoms with Crippen LogP contribution in [0.15, 0.2) is 33.8 Å². The summed E-state index contributed by atoms with van der Waals surface area (Å²) in [6, 6.07) is 9.71. The van der Waals surface area contributed by atoms with Crippen LogP contribution in [0.4, 0.5) is 5.88 Å². The molecule has 0 saturated carbocycles. The van der Waals surface area contributed by atoms with Crippen molar-refractivity contribution in [2.24, 2.45) is 5.10 Å². The van der Waals surface area contributed by atoms with E-state index in [0.29, 0.717) is 5.89 Å². The van der Waals surface area contributed by atoms with Crippen LogP contribution >= 0.6 is 0 Å². The summed E-state index contributed by atoms with van der Waals surface area (Å²) < 4.78 is 11.2. The van der Waals surface area contributed by atoms with Gasteiger partial charge in [0.25, 0.3) is 5.88 Å². The highest BCUT2D eigenvalue weighted by atomic mass is 16.5. The van der Waals surface area contributed by atoms with Gasteiger partial charge in [0, 0.05) is 5.92 Å². The van der Waals surface area contributed by atoms with Crippen LogP contribution in [-0.4, -0.2) is 17.8 Å². The Morgan fingerprint density at radius 3 is 2.69 bits per heavy atom. The van der Waals surface area contributed by atoms with Gasteiger partial charge in [0.1, 0.15) is 11.8 Å². The minimum Gasteiger partial charge on any atom is -0.494 e. The Kier molecular flexibility index (Phi) is 7.69. The van der Waals surface area contributed by atoms with Crippen molar-refractivity contribution in [3.05, 3.63) is 41.4 Å². The van der Waals surface area contributed by atoms with E-state index in [2.05, 4.69) is 22.4 Å². The third-order valence-electron chi connectivity index (χ3n) is 3.77. The molecule has 0 radical (unpaired) electrons. The van der Waals surface area contributed by atoms with E-state index in [1.165, 1.54) is 19.3 Å². The molecular weight excluding hydrogens is 328 g/mol. The van der Waals surface area contributed by atoms with E-state index in [4.69, 9.17) is 14.4 Å². The number of nitrogens with one attached hydrogen (secondary N) is 1. The van der Waals surface area contributed by atoms with E-state index >= 15 is 0 Å². The summed E-state index contributed by atoms with van der Waals surface area (Å²) in [6.45, 7) is 6.85. The molecule has 0 unspecified atom stereocenters. The lowest BCUT2D eigenvalue weighted by Gasteiger charge is -2.05. The van der Waals surface area contributed by atoms with Gasteiger partial charge in [0.15, 0.2) is 0 Å². The molecule has 6 nitrogen and oxygen atoms in total. The van der Waals surface area contributed by atoms with Gasteiger partial charge in [-0.3, -0.25) is 0 Å². The molecule has 0 aliphatic carbocycles. The Labute approximate surface area is 154 Å². The van der Waals surface area contributed by atoms with Crippen molar-refractivity contribution in [1.82, 2.24) is 4.98 Å². The Morgan fingerprint density at radius 1 is 1.27 bits per heavy atom. The third-order valence-corrected chi connectivity index (χ3v) is 3.77. The van der Waals surface area contributed by atoms with Crippen LogP contribution in [0.2, 0.25) is 0 Å². The normalized spacial score (nSPS) is 11.0. The monoisotopic (exact) mass is 354 g/mol. The van der Waals surface area contributed by atoms with Gasteiger partial charge >= 0.3 is 0 Å². The maximum Gasteiger partial charge on any atom is 0.252 e. The van der Waals surface area contributed by atoms with Crippen molar-refractivity contribution in [1.29, 1.82) is 5.26 Å². The van der Waals surface area contributed by atoms with Gasteiger partial charge in [-0.1, -0.05) is 40.0 Å². The number of hydrogen-bond acceptors (Lipinski definition) is 6. The average molecular weight is 354 g/mol. The van der Waals surface area contributed by atoms with Crippen LogP contribution in [0.5, 0.6) is 5.75 Å². The fourth-order valence-corrected chi connectivity index (χ4v) is 2.27. The van der Waals surface area contributed by atoms with E-state index < -0.39 is 0 Å². The molecule has 0 bridgehead atoms. The highest BCUT2D eigenvalue weighted by Crippen LogP contribution is 2.22. The summed E-state index contributed by atoms with van der Waals surface area (Å²) >= 11 is 0. The number of hydrazone groups is 1. The smallest absolute Gasteiger partial charge is 0.252 e. The zero-order valence-corrected chi connectivity index (χ0v) is 15.7. The first-order valence-electron chi connectivity index (χ1n) is 9.06. The Hall–Kier alpha value is -2.81. The number of oxazole rings is 1. The van der Waals surface area contributed by atoms with Crippen molar-refractivity contribution in [2.45, 2.75) is 52.4 Å². The molecule has 0 atom stereocenters. The highest BCUT2D eigenvalue weighted by Gasteiger charge is 2.14. The second-order valence-electron chi connectivity index (χ2n) is 6.34. The third kappa shape index (κ3) is 5.92. The summed E-state index contributed by atoms with van der Waals surface area (Å²) in [4.78, 5) is 4.13. The molecule has 6 heteroatoms. The number of benzene rings is 1. The second-order valence-corrected chi connectivity index (χ2v) is 6.34. The predicted molar refractivity (Wildman–Crippen MR) is 103 cm³/mol. The van der Waals surface area contributed by atoms with E-state index in [1.807, 2.05) is 44.2 Å². The van der Waals surface area contributed by atoms with Crippen LogP contribution in [0.1, 0.15) is 69.5 Å². The lowest BCUT2D eigenvalue weighted by Crippen LogP contribution is -1.97. The minimum absolute atomic E-state index is 0.108. The van der Waals surface area contributed by atoms with Crippen molar-refractivity contribution in [3.63, 3.8) is 0 Å². The number of nitrogens with zero attached hydrogens (tertiary/aromatic N) is 3. The Balaban J connectivity index is 1.86. The summed E-state index contributed by atoms with van der Waals surface area (Å²) in [7, 11) is 0. The van der Waals surface area contributed by atoms with Gasteiger partial charge in [-0.25, -0.2) is 10.4 Å². The fraction of sp³-hybridized carbons (Fsp3) is 0.450. The number of nitriles is 1. The topological polar surface area (TPSA) is 83.4 Å². The second kappa shape index (κ2) is 10.2. The quantitative estimate of drug-likeness (QED) is 0.366. The maximum atomic E-state index is 9.10. The molecule has 0 amide bonds. The van der Waals surface area contributed by atoms with Crippen molar-refractivity contribution in [2.75, 3.05) is 12.0 Å². The molecule has 26 heavy (non-hydrogen) atoms. The van der Waals surface area contributed by atoms with E-state index in [-0.39, 0.29) is 17.5 Å². The molecule has 0 saturated heterocycles. The number of anilines is 1. The molecule has 138 valence electrons. The zero-order valence-electron chi connectivity index (χ0n) is 15.7. The molecule has 2 aromatic rings. The Morgan fingerprint density at radius 2 is 2.04 bits per heavy atom. The molecule has 1 N–H and O–H groups in total. The van der Waals surface area contributed by atoms with Crippen LogP contribution in [0, 0.1) is 11.3 Å². The molecule has 0 spiro atoms. The maximum absolute atomic E-state index is 9.10. The first-order valence-corrected chi connectivity index (χ1v) is 9.06. The van der Waals surface area contributed by atoms with Gasteiger partial charge in [-0.2, -0.15) is 10.4 Å². The van der Waals surface area contributed by atoms with Crippen molar-refractivity contribution >= 4 is 12.1 Å². The molecule has 0 fully saturated rings. The van der Waals surface area contributed by atoms with Gasteiger partial charge in [0.05, 0.1) is 12.8 Å². The number of hydrogen-bond donors (Lipinski definition) is 1. The number of ether oxygens (including phenoxy) is 1. The molecule has 1 heterocycles. The number of unbranched alkanes of at least 4 members (excludes halogenated alkanes) is 3. The Bertz CT molecular complexity index is 742. The number of rotatable bonds is 10. The summed E-state index contributed by atoms with van der Waals surface area (Å²) in [5, 5.41) is 13.2. The van der Waals surface area contributed by atoms with Gasteiger partial charge < -0.3 is 9.15 Å². The molecule has 0 aliphatic heterocycles. The van der Waals surface area contributed by atoms with Crippen molar-refractivity contribution in [3.8, 4) is 11.8 Å². The van der Waals surface area contributed by atoms with Gasteiger partial charge in [0.2, 0.25) is 11.6 Å². The van der Waals surface area contributed by atoms with Gasteiger partial charge in [-0.15, -0.1) is 0 Å². The number of aromatic nitrogens is 1. The van der Waals surface area contributed by atoms with Crippen LogP contribution < -0.4 is 10.2 Å². The molecular formula is C20H26N4O2. The highest BCUT2D eigenvalue weighted by molar-refractivity contribution is 5.80. The van der Waals surface area contributed by atoms with E-state index in [9.17, 15) is 0 Å². The summed E-state index contributed by atoms with van der Waals surface area (Å²) in [5.41, 5.74) is 3.86. The predicted octanol–water partition coefficient (Wildman–Crippen LogP) is 5.07. The molecule has 1 aromatic heterocycles. The van der Waals surface area contributed by atoms with Crippen molar-refractivity contribution < 1.29 is 9.15 Å². The van der Waals surface area contributed by atoms with E-state index in [0.717, 1.165) is 24.3 Å². The summed E-state index contributed by atoms with van der Waals surface area (Å²) in [5.74, 6) is 1.74. The molecule has 1 aromatic carbocycles. The molecule has 2 rings (SSSR count). The standard InChI is InChI=1S/C20H26N4O2/c1-4-5-6-7-12-25-17-10-8-16(9-11-17)14-22-24-20-18(13-21)23-19(26-20)15(2)3/h8-11,14-15,24H,4-7,12H2,1-3H3. The zero-order chi connectivity index (χ0) is 18.8. The van der Waals surface area contributed by atoms with E-state index in [1.54, 1.807) is 6.21 Å². The lowest BCUT2D eigenvalue weighted by atomic mass is 10.2. The van der Waals surface area contributed by atoms with Crippen LogP contribution in [0.3, 0.4) is 0 Å². The minimum atomic E-state index is 0.108. The first kappa shape index (κ1) is 19.5. The lowest BCUT2D eigenvalue weighted by molar-refractivity contribution is 0.305. The SMILES string of the molecule is CCCCCCOc1ccc(C=NNc2oc(C(C)C)nc2C#N)cc1. The van der Waals surface area contributed by atoms with Gasteiger partial charge in [-0.05, 0) is 36.2 Å². The largest absolute Gasteiger partial charge is 0.494 e. The molecule has 0 aliphatic rings.